The summed E-state index contributed by atoms with van der Waals surface area (Å²) in [5.41, 5.74) is 2.31. The number of hydrogen-bond donors (Lipinski definition) is 1. The maximum absolute atomic E-state index is 12.6. The lowest BCUT2D eigenvalue weighted by molar-refractivity contribution is -0.138. The molecule has 0 amide bonds. The Hall–Kier alpha value is -3.51. The summed E-state index contributed by atoms with van der Waals surface area (Å²) in [5, 5.41) is 3.03. The molecule has 0 radical (unpaired) electrons. The third kappa shape index (κ3) is 3.93. The molecule has 0 aliphatic carbocycles. The fourth-order valence-corrected chi connectivity index (χ4v) is 2.79. The number of carbonyl (C=O) groups excluding carboxylic acids is 2. The van der Waals surface area contributed by atoms with E-state index in [0.717, 1.165) is 0 Å². The van der Waals surface area contributed by atoms with Crippen LogP contribution in [0.2, 0.25) is 0 Å². The van der Waals surface area contributed by atoms with Gasteiger partial charge in [0.1, 0.15) is 0 Å². The quantitative estimate of drug-likeness (QED) is 0.643. The van der Waals surface area contributed by atoms with Gasteiger partial charge in [0, 0.05) is 23.8 Å². The number of aromatic nitrogens is 1. The molecule has 1 aliphatic heterocycles. The Kier molecular flexibility index (Phi) is 6.19. The van der Waals surface area contributed by atoms with Crippen molar-refractivity contribution in [2.75, 3.05) is 13.2 Å². The van der Waals surface area contributed by atoms with E-state index in [0.29, 0.717) is 17.0 Å². The number of terminal acetylenes is 2. The van der Waals surface area contributed by atoms with E-state index in [1.807, 2.05) is 0 Å². The van der Waals surface area contributed by atoms with E-state index in [2.05, 4.69) is 22.1 Å². The number of hydrogen-bond acceptors (Lipinski definition) is 6. The Morgan fingerprint density at radius 1 is 1.12 bits per heavy atom. The Labute approximate surface area is 152 Å². The zero-order valence-corrected chi connectivity index (χ0v) is 14.5. The molecule has 6 heteroatoms. The van der Waals surface area contributed by atoms with E-state index in [1.54, 1.807) is 38.4 Å². The fraction of sp³-hybridized carbons (Fsp3) is 0.250. The molecule has 132 valence electrons. The first kappa shape index (κ1) is 18.8. The molecule has 0 unspecified atom stereocenters. The van der Waals surface area contributed by atoms with Gasteiger partial charge in [0.15, 0.2) is 13.2 Å². The summed E-state index contributed by atoms with van der Waals surface area (Å²) in [5.74, 6) is 2.57. The van der Waals surface area contributed by atoms with Gasteiger partial charge in [0.05, 0.1) is 17.1 Å². The second-order valence-electron chi connectivity index (χ2n) is 5.48. The van der Waals surface area contributed by atoms with Crippen LogP contribution in [0.25, 0.3) is 0 Å². The minimum absolute atomic E-state index is 0.172. The summed E-state index contributed by atoms with van der Waals surface area (Å²) in [4.78, 5) is 29.3. The molecule has 6 nitrogen and oxygen atoms in total. The maximum Gasteiger partial charge on any atom is 0.337 e. The van der Waals surface area contributed by atoms with Crippen molar-refractivity contribution in [3.63, 3.8) is 0 Å². The highest BCUT2D eigenvalue weighted by atomic mass is 16.5. The standard InChI is InChI=1S/C20H18N2O4/c1-5-10-25-19(23)16-13(3)22-14(4)17(20(24)26-11-6-2)18(16)15-8-7-9-21-12-15/h1-2,7-9,12,18,22H,10-11H2,3-4H3. The molecule has 2 rings (SSSR count). The highest BCUT2D eigenvalue weighted by Crippen LogP contribution is 2.38. The summed E-state index contributed by atoms with van der Waals surface area (Å²) in [7, 11) is 0. The number of esters is 2. The Bertz CT molecular complexity index is 802. The van der Waals surface area contributed by atoms with E-state index < -0.39 is 17.9 Å². The molecule has 0 aromatic carbocycles. The molecule has 1 N–H and O–H groups in total. The SMILES string of the molecule is C#CCOC(=O)C1=C(C)NC(C)=C(C(=O)OCC#C)C1c1cccnc1. The van der Waals surface area contributed by atoms with Gasteiger partial charge in [-0.15, -0.1) is 12.8 Å². The molecule has 0 bridgehead atoms. The van der Waals surface area contributed by atoms with Crippen LogP contribution in [0.15, 0.2) is 47.1 Å². The van der Waals surface area contributed by atoms with Crippen LogP contribution in [-0.4, -0.2) is 30.1 Å². The van der Waals surface area contributed by atoms with Gasteiger partial charge in [-0.25, -0.2) is 9.59 Å². The van der Waals surface area contributed by atoms with E-state index >= 15 is 0 Å². The van der Waals surface area contributed by atoms with Crippen LogP contribution in [0.1, 0.15) is 25.3 Å². The summed E-state index contributed by atoms with van der Waals surface area (Å²) < 4.78 is 10.2. The van der Waals surface area contributed by atoms with Crippen LogP contribution in [0.3, 0.4) is 0 Å². The van der Waals surface area contributed by atoms with E-state index in [1.165, 1.54) is 0 Å². The summed E-state index contributed by atoms with van der Waals surface area (Å²) >= 11 is 0. The maximum atomic E-state index is 12.6. The Balaban J connectivity index is 2.55. The van der Waals surface area contributed by atoms with Crippen molar-refractivity contribution in [3.8, 4) is 24.7 Å². The third-order valence-electron chi connectivity index (χ3n) is 3.79. The van der Waals surface area contributed by atoms with Gasteiger partial charge in [-0.1, -0.05) is 17.9 Å². The van der Waals surface area contributed by atoms with Crippen molar-refractivity contribution in [3.05, 3.63) is 52.6 Å². The van der Waals surface area contributed by atoms with Crippen molar-refractivity contribution in [2.24, 2.45) is 0 Å². The number of nitrogens with one attached hydrogen (secondary N) is 1. The molecule has 2 heterocycles. The number of nitrogens with zero attached hydrogens (tertiary/aromatic N) is 1. The smallest absolute Gasteiger partial charge is 0.337 e. The first-order valence-corrected chi connectivity index (χ1v) is 7.80. The molecule has 1 aliphatic rings. The number of rotatable bonds is 5. The predicted octanol–water partition coefficient (Wildman–Crippen LogP) is 1.67. The van der Waals surface area contributed by atoms with Gasteiger partial charge in [0.25, 0.3) is 0 Å². The summed E-state index contributed by atoms with van der Waals surface area (Å²) in [6.07, 6.45) is 13.5. The molecular formula is C20H18N2O4. The van der Waals surface area contributed by atoms with Crippen LogP contribution >= 0.6 is 0 Å². The van der Waals surface area contributed by atoms with Crippen molar-refractivity contribution in [2.45, 2.75) is 19.8 Å². The van der Waals surface area contributed by atoms with Crippen molar-refractivity contribution in [1.29, 1.82) is 0 Å². The number of pyridine rings is 1. The highest BCUT2D eigenvalue weighted by molar-refractivity contribution is 5.99. The van der Waals surface area contributed by atoms with E-state index in [4.69, 9.17) is 22.3 Å². The molecular weight excluding hydrogens is 332 g/mol. The lowest BCUT2D eigenvalue weighted by Gasteiger charge is -2.30. The molecule has 1 aromatic heterocycles. The number of ether oxygens (including phenoxy) is 2. The van der Waals surface area contributed by atoms with Crippen LogP contribution < -0.4 is 5.32 Å². The minimum Gasteiger partial charge on any atom is -0.449 e. The van der Waals surface area contributed by atoms with Gasteiger partial charge >= 0.3 is 11.9 Å². The molecule has 0 fully saturated rings. The Morgan fingerprint density at radius 2 is 1.65 bits per heavy atom. The van der Waals surface area contributed by atoms with Crippen LogP contribution in [0, 0.1) is 24.7 Å². The van der Waals surface area contributed by atoms with Gasteiger partial charge in [-0.05, 0) is 25.5 Å². The molecule has 26 heavy (non-hydrogen) atoms. The lowest BCUT2D eigenvalue weighted by atomic mass is 9.81. The van der Waals surface area contributed by atoms with Gasteiger partial charge in [-0.2, -0.15) is 0 Å². The normalized spacial score (nSPS) is 14.2. The van der Waals surface area contributed by atoms with Crippen LogP contribution in [0.5, 0.6) is 0 Å². The van der Waals surface area contributed by atoms with Crippen LogP contribution in [-0.2, 0) is 19.1 Å². The minimum atomic E-state index is -0.708. The molecule has 0 saturated heterocycles. The van der Waals surface area contributed by atoms with Crippen molar-refractivity contribution in [1.82, 2.24) is 10.3 Å². The first-order chi connectivity index (χ1) is 12.5. The van der Waals surface area contributed by atoms with Crippen molar-refractivity contribution < 1.29 is 19.1 Å². The van der Waals surface area contributed by atoms with E-state index in [-0.39, 0.29) is 24.4 Å². The predicted molar refractivity (Wildman–Crippen MR) is 95.1 cm³/mol. The second kappa shape index (κ2) is 8.55. The Morgan fingerprint density at radius 3 is 2.08 bits per heavy atom. The first-order valence-electron chi connectivity index (χ1n) is 7.80. The second-order valence-corrected chi connectivity index (χ2v) is 5.48. The number of dihydropyridines is 1. The monoisotopic (exact) mass is 350 g/mol. The van der Waals surface area contributed by atoms with Gasteiger partial charge < -0.3 is 14.8 Å². The average Bonchev–Trinajstić information content (AvgIpc) is 2.64. The zero-order valence-electron chi connectivity index (χ0n) is 14.5. The topological polar surface area (TPSA) is 77.5 Å². The van der Waals surface area contributed by atoms with Gasteiger partial charge in [0.2, 0.25) is 0 Å². The third-order valence-corrected chi connectivity index (χ3v) is 3.79. The molecule has 0 atom stereocenters. The molecule has 0 spiro atoms. The van der Waals surface area contributed by atoms with Gasteiger partial charge in [-0.3, -0.25) is 4.98 Å². The number of allylic oxidation sites excluding steroid dienone is 2. The van der Waals surface area contributed by atoms with Crippen LogP contribution in [0.4, 0.5) is 0 Å². The zero-order chi connectivity index (χ0) is 19.1. The lowest BCUT2D eigenvalue weighted by Crippen LogP contribution is -2.32. The largest absolute Gasteiger partial charge is 0.449 e. The fourth-order valence-electron chi connectivity index (χ4n) is 2.79. The summed E-state index contributed by atoms with van der Waals surface area (Å²) in [6.45, 7) is 3.11. The average molecular weight is 350 g/mol. The summed E-state index contributed by atoms with van der Waals surface area (Å²) in [6, 6.07) is 3.49. The highest BCUT2D eigenvalue weighted by Gasteiger charge is 2.38. The molecule has 0 saturated carbocycles. The van der Waals surface area contributed by atoms with Crippen molar-refractivity contribution >= 4 is 11.9 Å². The molecule has 1 aromatic rings. The van der Waals surface area contributed by atoms with E-state index in [9.17, 15) is 9.59 Å². The number of carbonyl (C=O) groups is 2.